The minimum Gasteiger partial charge on any atom is -0.459 e. The van der Waals surface area contributed by atoms with Crippen molar-refractivity contribution in [3.05, 3.63) is 88.6 Å². The molecule has 0 saturated carbocycles. The second kappa shape index (κ2) is 13.9. The molecule has 1 unspecified atom stereocenters. The fourth-order valence-corrected chi connectivity index (χ4v) is 5.63. The van der Waals surface area contributed by atoms with Crippen LogP contribution in [0.1, 0.15) is 85.2 Å². The second-order valence-corrected chi connectivity index (χ2v) is 16.0. The second-order valence-electron chi connectivity index (χ2n) is 13.9. The van der Waals surface area contributed by atoms with Crippen LogP contribution in [0.25, 0.3) is 0 Å². The molecule has 45 heavy (non-hydrogen) atoms. The summed E-state index contributed by atoms with van der Waals surface area (Å²) in [6, 6.07) is 17.9. The summed E-state index contributed by atoms with van der Waals surface area (Å²) in [7, 11) is -4.02. The van der Waals surface area contributed by atoms with Gasteiger partial charge in [-0.1, -0.05) is 62.7 Å². The molecule has 1 amide bonds. The van der Waals surface area contributed by atoms with Gasteiger partial charge in [-0.05, 0) is 101 Å². The molecule has 0 aliphatic rings. The molecule has 3 aromatic rings. The summed E-state index contributed by atoms with van der Waals surface area (Å²) >= 11 is 6.00. The normalized spacial score (nSPS) is 13.2. The third-order valence-corrected chi connectivity index (χ3v) is 8.13. The number of ether oxygens (including phenoxy) is 2. The maximum atomic E-state index is 13.5. The summed E-state index contributed by atoms with van der Waals surface area (Å²) < 4.78 is 40.9. The van der Waals surface area contributed by atoms with Crippen molar-refractivity contribution < 1.29 is 27.5 Å². The van der Waals surface area contributed by atoms with Crippen LogP contribution in [0.5, 0.6) is 0 Å². The molecule has 1 heterocycles. The van der Waals surface area contributed by atoms with Crippen molar-refractivity contribution in [2.75, 3.05) is 11.4 Å². The summed E-state index contributed by atoms with van der Waals surface area (Å²) in [5.74, 6) is -0.550. The van der Waals surface area contributed by atoms with Crippen molar-refractivity contribution in [3.63, 3.8) is 0 Å². The molecular weight excluding hydrogens is 614 g/mol. The largest absolute Gasteiger partial charge is 0.459 e. The number of amides is 1. The number of aromatic nitrogens is 1. The third-order valence-electron chi connectivity index (χ3n) is 6.39. The number of esters is 1. The van der Waals surface area contributed by atoms with Gasteiger partial charge in [0.1, 0.15) is 23.6 Å². The van der Waals surface area contributed by atoms with Crippen molar-refractivity contribution in [2.24, 2.45) is 0 Å². The maximum absolute atomic E-state index is 13.5. The number of nitrogens with one attached hydrogen (secondary N) is 1. The van der Waals surface area contributed by atoms with Crippen LogP contribution >= 0.6 is 11.6 Å². The Hall–Kier alpha value is -3.47. The monoisotopic (exact) mass is 657 g/mol. The highest BCUT2D eigenvalue weighted by Gasteiger charge is 2.30. The van der Waals surface area contributed by atoms with Gasteiger partial charge in [0.25, 0.3) is 0 Å². The summed E-state index contributed by atoms with van der Waals surface area (Å²) in [6.07, 6.45) is -0.541. The van der Waals surface area contributed by atoms with E-state index in [2.05, 4.69) is 30.5 Å². The van der Waals surface area contributed by atoms with E-state index in [1.807, 2.05) is 24.3 Å². The fourth-order valence-electron chi connectivity index (χ4n) is 4.30. The summed E-state index contributed by atoms with van der Waals surface area (Å²) in [6.45, 7) is 16.2. The molecule has 0 saturated heterocycles. The lowest BCUT2D eigenvalue weighted by Gasteiger charge is -2.28. The van der Waals surface area contributed by atoms with E-state index in [1.54, 1.807) is 59.7 Å². The van der Waals surface area contributed by atoms with Gasteiger partial charge in [-0.2, -0.15) is 0 Å². The van der Waals surface area contributed by atoms with E-state index in [0.717, 1.165) is 16.0 Å². The fraction of sp³-hybridized carbons (Fsp3) is 0.441. The molecule has 3 rings (SSSR count). The Balaban J connectivity index is 2.06. The zero-order valence-corrected chi connectivity index (χ0v) is 29.0. The van der Waals surface area contributed by atoms with Gasteiger partial charge in [-0.3, -0.25) is 9.69 Å². The Labute approximate surface area is 272 Å². The first-order chi connectivity index (χ1) is 20.6. The summed E-state index contributed by atoms with van der Waals surface area (Å²) in [4.78, 5) is 32.0. The Bertz CT molecular complexity index is 1590. The first-order valence-electron chi connectivity index (χ1n) is 14.7. The van der Waals surface area contributed by atoms with Crippen molar-refractivity contribution in [1.29, 1.82) is 0 Å². The molecule has 0 bridgehead atoms. The number of nitrogens with zero attached hydrogens (tertiary/aromatic N) is 2. The van der Waals surface area contributed by atoms with Crippen molar-refractivity contribution in [2.45, 2.75) is 96.3 Å². The van der Waals surface area contributed by atoms with E-state index in [4.69, 9.17) is 21.1 Å². The number of carbonyl (C=O) groups excluding carboxylic acids is 2. The van der Waals surface area contributed by atoms with Gasteiger partial charge >= 0.3 is 12.1 Å². The highest BCUT2D eigenvalue weighted by Crippen LogP contribution is 2.27. The van der Waals surface area contributed by atoms with Gasteiger partial charge in [-0.25, -0.2) is 22.9 Å². The molecular formula is C34H44ClN3O6S. The Morgan fingerprint density at radius 2 is 1.42 bits per heavy atom. The molecule has 1 aromatic heterocycles. The smallest absolute Gasteiger partial charge is 0.416 e. The topological polar surface area (TPSA) is 115 Å². The van der Waals surface area contributed by atoms with Crippen LogP contribution in [0.2, 0.25) is 5.02 Å². The number of sulfonamides is 1. The number of hydrogen-bond acceptors (Lipinski definition) is 7. The lowest BCUT2D eigenvalue weighted by molar-refractivity contribution is -0.153. The number of rotatable bonds is 9. The van der Waals surface area contributed by atoms with E-state index in [0.29, 0.717) is 10.7 Å². The number of benzene rings is 2. The predicted molar refractivity (Wildman–Crippen MR) is 177 cm³/mol. The summed E-state index contributed by atoms with van der Waals surface area (Å²) in [5, 5.41) is 0.408. The van der Waals surface area contributed by atoms with E-state index in [9.17, 15) is 18.0 Å². The van der Waals surface area contributed by atoms with Gasteiger partial charge < -0.3 is 9.47 Å². The molecule has 0 aliphatic carbocycles. The lowest BCUT2D eigenvalue weighted by Crippen LogP contribution is -2.42. The van der Waals surface area contributed by atoms with Crippen molar-refractivity contribution in [1.82, 2.24) is 9.71 Å². The quantitative estimate of drug-likeness (QED) is 0.239. The lowest BCUT2D eigenvalue weighted by atomic mass is 9.86. The molecule has 0 radical (unpaired) electrons. The first-order valence-corrected chi connectivity index (χ1v) is 16.6. The van der Waals surface area contributed by atoms with Crippen LogP contribution in [0.3, 0.4) is 0 Å². The third kappa shape index (κ3) is 11.1. The number of hydrogen-bond donors (Lipinski definition) is 1. The van der Waals surface area contributed by atoms with Crippen LogP contribution in [-0.2, 0) is 36.1 Å². The molecule has 1 N–H and O–H groups in total. The summed E-state index contributed by atoms with van der Waals surface area (Å²) in [5.41, 5.74) is 0.666. The average molecular weight is 658 g/mol. The first kappa shape index (κ1) is 36.0. The predicted octanol–water partition coefficient (Wildman–Crippen LogP) is 7.38. The SMILES string of the molecule is CC(C)(C)OC(=O)CN(C(=O)OC(C)(C)C)c1cccc(C(Cc2ccc(C(C)(C)C)cc2)NS(=O)(=O)c2ccc(Cl)cc2)n1. The van der Waals surface area contributed by atoms with Crippen LogP contribution < -0.4 is 9.62 Å². The number of pyridine rings is 1. The molecule has 2 aromatic carbocycles. The zero-order valence-electron chi connectivity index (χ0n) is 27.5. The van der Waals surface area contributed by atoms with Gasteiger partial charge in [0.15, 0.2) is 0 Å². The minimum atomic E-state index is -4.02. The van der Waals surface area contributed by atoms with Gasteiger partial charge in [0, 0.05) is 5.02 Å². The van der Waals surface area contributed by atoms with Gasteiger partial charge in [0.05, 0.1) is 16.6 Å². The Morgan fingerprint density at radius 1 is 0.844 bits per heavy atom. The van der Waals surface area contributed by atoms with E-state index < -0.39 is 45.9 Å². The van der Waals surface area contributed by atoms with E-state index >= 15 is 0 Å². The van der Waals surface area contributed by atoms with E-state index in [1.165, 1.54) is 24.3 Å². The number of carbonyl (C=O) groups is 2. The van der Waals surface area contributed by atoms with Crippen molar-refractivity contribution >= 4 is 39.5 Å². The maximum Gasteiger partial charge on any atom is 0.416 e. The van der Waals surface area contributed by atoms with Crippen LogP contribution in [0, 0.1) is 0 Å². The molecule has 244 valence electrons. The van der Waals surface area contributed by atoms with Crippen LogP contribution in [-0.4, -0.2) is 43.2 Å². The van der Waals surface area contributed by atoms with E-state index in [-0.39, 0.29) is 22.5 Å². The number of halogens is 1. The molecule has 9 nitrogen and oxygen atoms in total. The molecule has 0 fully saturated rings. The van der Waals surface area contributed by atoms with Gasteiger partial charge in [0.2, 0.25) is 10.0 Å². The van der Waals surface area contributed by atoms with Crippen LogP contribution in [0.4, 0.5) is 10.6 Å². The minimum absolute atomic E-state index is 0.0384. The Kier molecular flexibility index (Phi) is 11.1. The highest BCUT2D eigenvalue weighted by atomic mass is 35.5. The molecule has 11 heteroatoms. The molecule has 1 atom stereocenters. The molecule has 0 aliphatic heterocycles. The van der Waals surface area contributed by atoms with Gasteiger partial charge in [-0.15, -0.1) is 0 Å². The Morgan fingerprint density at radius 3 is 1.96 bits per heavy atom. The average Bonchev–Trinajstić information content (AvgIpc) is 2.89. The molecule has 0 spiro atoms. The standard InChI is InChI=1S/C34H44ClN3O6S/c1-32(2,3)24-15-13-23(14-16-24)21-28(37-45(41,42)26-19-17-25(35)18-20-26)27-11-10-12-29(36-27)38(31(40)44-34(7,8)9)22-30(39)43-33(4,5)6/h10-20,28,37H,21-22H2,1-9H3. The highest BCUT2D eigenvalue weighted by molar-refractivity contribution is 7.89. The van der Waals surface area contributed by atoms with Crippen LogP contribution in [0.15, 0.2) is 71.6 Å². The number of anilines is 1. The van der Waals surface area contributed by atoms with Crippen molar-refractivity contribution in [3.8, 4) is 0 Å². The zero-order chi connectivity index (χ0) is 33.8.